The van der Waals surface area contributed by atoms with E-state index < -0.39 is 0 Å². The minimum atomic E-state index is -0.264. The zero-order valence-electron chi connectivity index (χ0n) is 16.0. The number of carbonyl (C=O) groups excluding carboxylic acids is 2. The number of piperidine rings is 1. The fraction of sp³-hybridized carbons (Fsp3) is 0.381. The Morgan fingerprint density at radius 1 is 1.14 bits per heavy atom. The molecular weight excluding hydrogens is 356 g/mol. The van der Waals surface area contributed by atoms with E-state index in [-0.39, 0.29) is 17.2 Å². The highest BCUT2D eigenvalue weighted by atomic mass is 16.5. The summed E-state index contributed by atoms with van der Waals surface area (Å²) in [5.74, 6) is -0.425. The topological polar surface area (TPSA) is 92.4 Å². The second kappa shape index (κ2) is 9.43. The third-order valence-electron chi connectivity index (χ3n) is 5.05. The van der Waals surface area contributed by atoms with Gasteiger partial charge in [-0.1, -0.05) is 6.07 Å². The molecule has 3 rings (SSSR count). The Morgan fingerprint density at radius 2 is 1.93 bits per heavy atom. The summed E-state index contributed by atoms with van der Waals surface area (Å²) in [6.45, 7) is 3.04. The van der Waals surface area contributed by atoms with Crippen LogP contribution < -0.4 is 16.0 Å². The first-order chi connectivity index (χ1) is 13.6. The lowest BCUT2D eigenvalue weighted by Crippen LogP contribution is -2.47. The molecular formula is C21H26N4O3. The van der Waals surface area contributed by atoms with Crippen LogP contribution in [0.25, 0.3) is 0 Å². The number of aromatic nitrogens is 1. The quantitative estimate of drug-likeness (QED) is 0.682. The molecule has 2 heterocycles. The summed E-state index contributed by atoms with van der Waals surface area (Å²) in [6, 6.07) is 10.3. The maximum atomic E-state index is 12.7. The van der Waals surface area contributed by atoms with Crippen LogP contribution in [-0.4, -0.2) is 50.1 Å². The fourth-order valence-electron chi connectivity index (χ4n) is 3.44. The van der Waals surface area contributed by atoms with Crippen molar-refractivity contribution in [2.45, 2.75) is 12.8 Å². The molecule has 0 radical (unpaired) electrons. The zero-order chi connectivity index (χ0) is 19.8. The van der Waals surface area contributed by atoms with Crippen molar-refractivity contribution in [3.63, 3.8) is 0 Å². The van der Waals surface area contributed by atoms with Crippen molar-refractivity contribution in [3.8, 4) is 0 Å². The summed E-state index contributed by atoms with van der Waals surface area (Å²) in [6.07, 6.45) is 5.03. The number of benzene rings is 1. The lowest BCUT2D eigenvalue weighted by atomic mass is 9.79. The monoisotopic (exact) mass is 382 g/mol. The maximum absolute atomic E-state index is 12.7. The van der Waals surface area contributed by atoms with E-state index in [1.165, 1.54) is 6.20 Å². The predicted molar refractivity (Wildman–Crippen MR) is 107 cm³/mol. The molecule has 3 N–H and O–H groups in total. The zero-order valence-corrected chi connectivity index (χ0v) is 16.0. The molecule has 7 heteroatoms. The lowest BCUT2D eigenvalue weighted by molar-refractivity contribution is 0.0511. The Kier molecular flexibility index (Phi) is 6.73. The molecule has 1 aliphatic rings. The van der Waals surface area contributed by atoms with Crippen molar-refractivity contribution < 1.29 is 14.3 Å². The van der Waals surface area contributed by atoms with E-state index in [0.717, 1.165) is 25.9 Å². The van der Waals surface area contributed by atoms with Crippen LogP contribution in [0.2, 0.25) is 0 Å². The van der Waals surface area contributed by atoms with Crippen LogP contribution in [-0.2, 0) is 4.74 Å². The van der Waals surface area contributed by atoms with Crippen LogP contribution in [0.15, 0.2) is 48.8 Å². The SMILES string of the molecule is COCC1(CNC(=O)c2cccc(NC(=O)c3cccnc3)c2)CCNCC1. The molecule has 0 aliphatic carbocycles. The minimum absolute atomic E-state index is 0.0399. The molecule has 0 unspecified atom stereocenters. The minimum Gasteiger partial charge on any atom is -0.384 e. The van der Waals surface area contributed by atoms with Crippen molar-refractivity contribution >= 4 is 17.5 Å². The Balaban J connectivity index is 1.62. The molecule has 0 atom stereocenters. The van der Waals surface area contributed by atoms with Gasteiger partial charge in [0.1, 0.15) is 0 Å². The van der Waals surface area contributed by atoms with Gasteiger partial charge in [0, 0.05) is 42.7 Å². The van der Waals surface area contributed by atoms with Crippen molar-refractivity contribution in [1.29, 1.82) is 0 Å². The largest absolute Gasteiger partial charge is 0.384 e. The number of amides is 2. The van der Waals surface area contributed by atoms with Crippen molar-refractivity contribution in [1.82, 2.24) is 15.6 Å². The first kappa shape index (κ1) is 20.0. The van der Waals surface area contributed by atoms with E-state index >= 15 is 0 Å². The van der Waals surface area contributed by atoms with Crippen molar-refractivity contribution in [2.24, 2.45) is 5.41 Å². The van der Waals surface area contributed by atoms with Gasteiger partial charge in [-0.15, -0.1) is 0 Å². The van der Waals surface area contributed by atoms with Crippen LogP contribution in [0.1, 0.15) is 33.6 Å². The van der Waals surface area contributed by atoms with Gasteiger partial charge in [-0.05, 0) is 56.3 Å². The number of pyridine rings is 1. The van der Waals surface area contributed by atoms with Crippen molar-refractivity contribution in [2.75, 3.05) is 38.7 Å². The van der Waals surface area contributed by atoms with Crippen LogP contribution in [0.3, 0.4) is 0 Å². The Bertz CT molecular complexity index is 799. The Labute approximate surface area is 164 Å². The number of rotatable bonds is 7. The molecule has 148 valence electrons. The highest BCUT2D eigenvalue weighted by molar-refractivity contribution is 6.04. The van der Waals surface area contributed by atoms with Gasteiger partial charge in [0.2, 0.25) is 0 Å². The van der Waals surface area contributed by atoms with Gasteiger partial charge in [0.25, 0.3) is 11.8 Å². The molecule has 7 nitrogen and oxygen atoms in total. The molecule has 1 aromatic heterocycles. The van der Waals surface area contributed by atoms with Crippen LogP contribution >= 0.6 is 0 Å². The molecule has 0 spiro atoms. The number of carbonyl (C=O) groups is 2. The predicted octanol–water partition coefficient (Wildman–Crippen LogP) is 2.08. The summed E-state index contributed by atoms with van der Waals surface area (Å²) in [5.41, 5.74) is 1.49. The van der Waals surface area contributed by atoms with Crippen molar-refractivity contribution in [3.05, 3.63) is 59.9 Å². The van der Waals surface area contributed by atoms with Gasteiger partial charge in [-0.2, -0.15) is 0 Å². The van der Waals surface area contributed by atoms with Gasteiger partial charge in [-0.25, -0.2) is 0 Å². The second-order valence-corrected chi connectivity index (χ2v) is 7.14. The number of hydrogen-bond acceptors (Lipinski definition) is 5. The average Bonchev–Trinajstić information content (AvgIpc) is 2.74. The van der Waals surface area contributed by atoms with E-state index in [9.17, 15) is 9.59 Å². The highest BCUT2D eigenvalue weighted by Crippen LogP contribution is 2.28. The fourth-order valence-corrected chi connectivity index (χ4v) is 3.44. The first-order valence-corrected chi connectivity index (χ1v) is 9.41. The van der Waals surface area contributed by atoms with Gasteiger partial charge < -0.3 is 20.7 Å². The summed E-state index contributed by atoms with van der Waals surface area (Å²) >= 11 is 0. The smallest absolute Gasteiger partial charge is 0.257 e. The van der Waals surface area contributed by atoms with Crippen LogP contribution in [0, 0.1) is 5.41 Å². The molecule has 1 aliphatic heterocycles. The van der Waals surface area contributed by atoms with E-state index in [4.69, 9.17) is 4.74 Å². The standard InChI is InChI=1S/C21H26N4O3/c1-28-15-21(7-10-22-11-8-21)14-24-19(26)16-4-2-6-18(12-16)25-20(27)17-5-3-9-23-13-17/h2-6,9,12-13,22H,7-8,10-11,14-15H2,1H3,(H,24,26)(H,25,27). The first-order valence-electron chi connectivity index (χ1n) is 9.41. The normalized spacial score (nSPS) is 15.6. The summed E-state index contributed by atoms with van der Waals surface area (Å²) in [5, 5.41) is 9.18. The maximum Gasteiger partial charge on any atom is 0.257 e. The summed E-state index contributed by atoms with van der Waals surface area (Å²) < 4.78 is 5.40. The van der Waals surface area contributed by atoms with E-state index in [1.54, 1.807) is 49.7 Å². The Hall–Kier alpha value is -2.77. The van der Waals surface area contributed by atoms with E-state index in [1.807, 2.05) is 0 Å². The number of ether oxygens (including phenoxy) is 1. The molecule has 2 amide bonds. The lowest BCUT2D eigenvalue weighted by Gasteiger charge is -2.37. The Morgan fingerprint density at radius 3 is 2.64 bits per heavy atom. The molecule has 1 fully saturated rings. The third-order valence-corrected chi connectivity index (χ3v) is 5.05. The molecule has 0 saturated carbocycles. The highest BCUT2D eigenvalue weighted by Gasteiger charge is 2.32. The number of hydrogen-bond donors (Lipinski definition) is 3. The van der Waals surface area contributed by atoms with E-state index in [0.29, 0.717) is 30.0 Å². The van der Waals surface area contributed by atoms with Gasteiger partial charge in [-0.3, -0.25) is 14.6 Å². The summed E-state index contributed by atoms with van der Waals surface area (Å²) in [4.78, 5) is 28.9. The number of nitrogens with one attached hydrogen (secondary N) is 3. The number of methoxy groups -OCH3 is 1. The molecule has 1 aromatic carbocycles. The number of nitrogens with zero attached hydrogens (tertiary/aromatic N) is 1. The summed E-state index contributed by atoms with van der Waals surface area (Å²) in [7, 11) is 1.69. The van der Waals surface area contributed by atoms with Gasteiger partial charge >= 0.3 is 0 Å². The molecule has 1 saturated heterocycles. The van der Waals surface area contributed by atoms with Gasteiger partial charge in [0.05, 0.1) is 12.2 Å². The molecule has 0 bridgehead atoms. The van der Waals surface area contributed by atoms with Crippen LogP contribution in [0.5, 0.6) is 0 Å². The third kappa shape index (κ3) is 5.15. The van der Waals surface area contributed by atoms with E-state index in [2.05, 4.69) is 20.9 Å². The number of anilines is 1. The second-order valence-electron chi connectivity index (χ2n) is 7.14. The van der Waals surface area contributed by atoms with Crippen LogP contribution in [0.4, 0.5) is 5.69 Å². The molecule has 2 aromatic rings. The molecule has 28 heavy (non-hydrogen) atoms. The average molecular weight is 382 g/mol. The van der Waals surface area contributed by atoms with Gasteiger partial charge in [0.15, 0.2) is 0 Å².